The van der Waals surface area contributed by atoms with Crippen LogP contribution in [0.5, 0.6) is 0 Å². The van der Waals surface area contributed by atoms with Crippen molar-refractivity contribution < 1.29 is 27.9 Å². The number of aromatic nitrogens is 2. The molecule has 1 aliphatic rings. The van der Waals surface area contributed by atoms with Crippen LogP contribution < -0.4 is 5.32 Å². The maximum absolute atomic E-state index is 12.8. The molecule has 0 saturated heterocycles. The second-order valence-corrected chi connectivity index (χ2v) is 7.16. The summed E-state index contributed by atoms with van der Waals surface area (Å²) >= 11 is 0. The van der Waals surface area contributed by atoms with Gasteiger partial charge in [0.05, 0.1) is 5.69 Å². The first-order valence-corrected chi connectivity index (χ1v) is 9.04. The summed E-state index contributed by atoms with van der Waals surface area (Å²) in [6.45, 7) is 0. The Morgan fingerprint density at radius 1 is 1.03 bits per heavy atom. The van der Waals surface area contributed by atoms with Gasteiger partial charge >= 0.3 is 12.1 Å². The summed E-state index contributed by atoms with van der Waals surface area (Å²) in [5, 5.41) is 15.9. The number of fused-ring (bicyclic) bond motifs is 1. The van der Waals surface area contributed by atoms with Gasteiger partial charge < -0.3 is 10.4 Å². The van der Waals surface area contributed by atoms with Gasteiger partial charge in [0.25, 0.3) is 5.91 Å². The Morgan fingerprint density at radius 3 is 2.27 bits per heavy atom. The SMILES string of the molecule is O=C(NC1(C(=O)O)Cc2ccccc2C1)c1cccc(-n2ccc(C(F)(F)F)n2)c1. The molecule has 154 valence electrons. The number of carboxylic acid groups (broad SMARTS) is 1. The van der Waals surface area contributed by atoms with E-state index in [1.807, 2.05) is 12.1 Å². The van der Waals surface area contributed by atoms with Crippen molar-refractivity contribution in [3.05, 3.63) is 83.2 Å². The standard InChI is InChI=1S/C21H16F3N3O3/c22-21(23,24)17-8-9-27(26-17)16-7-3-6-13(10-16)18(28)25-20(19(29)30)11-14-4-1-2-5-15(14)12-20/h1-10H,11-12H2,(H,25,28)(H,29,30). The molecule has 0 bridgehead atoms. The van der Waals surface area contributed by atoms with Crippen LogP contribution in [0, 0.1) is 0 Å². The van der Waals surface area contributed by atoms with Crippen molar-refractivity contribution in [3.63, 3.8) is 0 Å². The third-order valence-corrected chi connectivity index (χ3v) is 5.12. The molecule has 0 saturated carbocycles. The van der Waals surface area contributed by atoms with Crippen LogP contribution in [-0.4, -0.2) is 32.3 Å². The molecule has 2 aromatic carbocycles. The van der Waals surface area contributed by atoms with E-state index >= 15 is 0 Å². The van der Waals surface area contributed by atoms with Gasteiger partial charge in [-0.25, -0.2) is 9.48 Å². The van der Waals surface area contributed by atoms with Crippen LogP contribution >= 0.6 is 0 Å². The largest absolute Gasteiger partial charge is 0.479 e. The van der Waals surface area contributed by atoms with E-state index in [0.29, 0.717) is 0 Å². The second kappa shape index (κ2) is 7.01. The van der Waals surface area contributed by atoms with Crippen molar-refractivity contribution in [1.82, 2.24) is 15.1 Å². The maximum atomic E-state index is 12.8. The number of nitrogens with one attached hydrogen (secondary N) is 1. The van der Waals surface area contributed by atoms with E-state index < -0.39 is 29.3 Å². The zero-order chi connectivity index (χ0) is 21.5. The van der Waals surface area contributed by atoms with E-state index in [4.69, 9.17) is 0 Å². The first-order chi connectivity index (χ1) is 14.2. The maximum Gasteiger partial charge on any atom is 0.435 e. The molecule has 30 heavy (non-hydrogen) atoms. The van der Waals surface area contributed by atoms with E-state index in [2.05, 4.69) is 10.4 Å². The van der Waals surface area contributed by atoms with Gasteiger partial charge in [-0.3, -0.25) is 4.79 Å². The highest BCUT2D eigenvalue weighted by molar-refractivity contribution is 5.98. The van der Waals surface area contributed by atoms with Gasteiger partial charge in [0, 0.05) is 24.6 Å². The number of benzene rings is 2. The van der Waals surface area contributed by atoms with Crippen LogP contribution in [0.3, 0.4) is 0 Å². The number of nitrogens with zero attached hydrogens (tertiary/aromatic N) is 2. The molecule has 0 unspecified atom stereocenters. The zero-order valence-electron chi connectivity index (χ0n) is 15.5. The van der Waals surface area contributed by atoms with E-state index in [9.17, 15) is 27.9 Å². The fourth-order valence-electron chi connectivity index (χ4n) is 3.61. The lowest BCUT2D eigenvalue weighted by atomic mass is 9.95. The molecule has 0 atom stereocenters. The van der Waals surface area contributed by atoms with Gasteiger partial charge in [-0.2, -0.15) is 18.3 Å². The average Bonchev–Trinajstić information content (AvgIpc) is 3.33. The van der Waals surface area contributed by atoms with Gasteiger partial charge in [-0.1, -0.05) is 30.3 Å². The van der Waals surface area contributed by atoms with E-state index in [1.54, 1.807) is 12.1 Å². The van der Waals surface area contributed by atoms with Crippen LogP contribution in [0.25, 0.3) is 5.69 Å². The third-order valence-electron chi connectivity index (χ3n) is 5.12. The molecule has 1 heterocycles. The normalized spacial score (nSPS) is 14.9. The number of amides is 1. The predicted octanol–water partition coefficient (Wildman–Crippen LogP) is 3.24. The average molecular weight is 415 g/mol. The molecule has 0 spiro atoms. The lowest BCUT2D eigenvalue weighted by Gasteiger charge is -2.25. The third kappa shape index (κ3) is 3.54. The molecule has 0 fully saturated rings. The summed E-state index contributed by atoms with van der Waals surface area (Å²) in [6, 6.07) is 13.9. The van der Waals surface area contributed by atoms with Crippen LogP contribution in [0.1, 0.15) is 27.2 Å². The van der Waals surface area contributed by atoms with Gasteiger partial charge in [0.1, 0.15) is 5.54 Å². The Bertz CT molecular complexity index is 1110. The number of carboxylic acids is 1. The number of rotatable bonds is 4. The Labute approximate surface area is 169 Å². The number of halogens is 3. The van der Waals surface area contributed by atoms with Crippen molar-refractivity contribution in [2.75, 3.05) is 0 Å². The fourth-order valence-corrected chi connectivity index (χ4v) is 3.61. The van der Waals surface area contributed by atoms with Crippen molar-refractivity contribution in [1.29, 1.82) is 0 Å². The minimum absolute atomic E-state index is 0.119. The fraction of sp³-hybridized carbons (Fsp3) is 0.190. The quantitative estimate of drug-likeness (QED) is 0.685. The first kappa shape index (κ1) is 19.7. The van der Waals surface area contributed by atoms with Crippen molar-refractivity contribution in [2.24, 2.45) is 0 Å². The van der Waals surface area contributed by atoms with Crippen molar-refractivity contribution in [3.8, 4) is 5.69 Å². The van der Waals surface area contributed by atoms with Gasteiger partial charge in [-0.15, -0.1) is 0 Å². The van der Waals surface area contributed by atoms with Crippen molar-refractivity contribution in [2.45, 2.75) is 24.6 Å². The van der Waals surface area contributed by atoms with E-state index in [-0.39, 0.29) is 24.1 Å². The molecule has 6 nitrogen and oxygen atoms in total. The Hall–Kier alpha value is -3.62. The molecular formula is C21H16F3N3O3. The topological polar surface area (TPSA) is 84.2 Å². The molecular weight excluding hydrogens is 399 g/mol. The number of alkyl halides is 3. The summed E-state index contributed by atoms with van der Waals surface area (Å²) in [4.78, 5) is 24.8. The minimum atomic E-state index is -4.58. The van der Waals surface area contributed by atoms with E-state index in [0.717, 1.165) is 28.1 Å². The first-order valence-electron chi connectivity index (χ1n) is 9.04. The van der Waals surface area contributed by atoms with Gasteiger partial charge in [0.2, 0.25) is 0 Å². The lowest BCUT2D eigenvalue weighted by Crippen LogP contribution is -2.55. The smallest absolute Gasteiger partial charge is 0.435 e. The molecule has 2 N–H and O–H groups in total. The summed E-state index contributed by atoms with van der Waals surface area (Å²) in [5.41, 5.74) is -0.460. The minimum Gasteiger partial charge on any atom is -0.479 e. The summed E-state index contributed by atoms with van der Waals surface area (Å²) < 4.78 is 39.4. The van der Waals surface area contributed by atoms with Crippen LogP contribution in [0.4, 0.5) is 13.2 Å². The Balaban J connectivity index is 1.59. The molecule has 9 heteroatoms. The van der Waals surface area contributed by atoms with Crippen LogP contribution in [-0.2, 0) is 23.8 Å². The van der Waals surface area contributed by atoms with Crippen LogP contribution in [0.15, 0.2) is 60.8 Å². The Kier molecular flexibility index (Phi) is 4.60. The number of hydrogen-bond donors (Lipinski definition) is 2. The monoisotopic (exact) mass is 415 g/mol. The second-order valence-electron chi connectivity index (χ2n) is 7.16. The molecule has 1 amide bonds. The Morgan fingerprint density at radius 2 is 1.70 bits per heavy atom. The molecule has 1 aromatic heterocycles. The predicted molar refractivity (Wildman–Crippen MR) is 100 cm³/mol. The molecule has 3 aromatic rings. The molecule has 0 radical (unpaired) electrons. The number of carbonyl (C=O) groups is 2. The molecule has 4 rings (SSSR count). The summed E-state index contributed by atoms with van der Waals surface area (Å²) in [6.07, 6.45) is -3.13. The van der Waals surface area contributed by atoms with Gasteiger partial charge in [0.15, 0.2) is 5.69 Å². The summed E-state index contributed by atoms with van der Waals surface area (Å²) in [5.74, 6) is -1.78. The molecule has 1 aliphatic carbocycles. The molecule has 0 aliphatic heterocycles. The highest BCUT2D eigenvalue weighted by atomic mass is 19.4. The highest BCUT2D eigenvalue weighted by Crippen LogP contribution is 2.31. The van der Waals surface area contributed by atoms with Gasteiger partial charge in [-0.05, 0) is 35.4 Å². The lowest BCUT2D eigenvalue weighted by molar-refractivity contribution is -0.144. The number of aliphatic carboxylic acids is 1. The number of carbonyl (C=O) groups excluding carboxylic acids is 1. The zero-order valence-corrected chi connectivity index (χ0v) is 15.5. The summed E-state index contributed by atoms with van der Waals surface area (Å²) in [7, 11) is 0. The van der Waals surface area contributed by atoms with Crippen LogP contribution in [0.2, 0.25) is 0 Å². The van der Waals surface area contributed by atoms with E-state index in [1.165, 1.54) is 24.3 Å². The van der Waals surface area contributed by atoms with Crippen molar-refractivity contribution >= 4 is 11.9 Å². The highest BCUT2D eigenvalue weighted by Gasteiger charge is 2.45. The number of hydrogen-bond acceptors (Lipinski definition) is 3.